The van der Waals surface area contributed by atoms with Gasteiger partial charge in [-0.15, -0.1) is 6.42 Å². The third kappa shape index (κ3) is 5.81. The maximum atomic E-state index is 17.3. The molecule has 0 spiro atoms. The Balaban J connectivity index is 1.51. The summed E-state index contributed by atoms with van der Waals surface area (Å²) in [7, 11) is 3.93. The van der Waals surface area contributed by atoms with Crippen LogP contribution in [-0.4, -0.2) is 82.9 Å². The van der Waals surface area contributed by atoms with Crippen molar-refractivity contribution in [3.05, 3.63) is 51.8 Å². The zero-order valence-electron chi connectivity index (χ0n) is 26.9. The summed E-state index contributed by atoms with van der Waals surface area (Å²) < 4.78 is 68.8. The predicted octanol–water partition coefficient (Wildman–Crippen LogP) is 4.89. The van der Waals surface area contributed by atoms with Crippen LogP contribution in [0.3, 0.4) is 0 Å². The molecular formula is C35H36F4N6O3. The number of piperazine rings is 1. The predicted molar refractivity (Wildman–Crippen MR) is 175 cm³/mol. The Labute approximate surface area is 274 Å². The number of pyridine rings is 1. The number of nitrogens with zero attached hydrogens (tertiary/aromatic N) is 5. The van der Waals surface area contributed by atoms with E-state index in [9.17, 15) is 18.7 Å². The van der Waals surface area contributed by atoms with Crippen LogP contribution in [0.2, 0.25) is 0 Å². The molecule has 2 N–H and O–H groups in total. The maximum Gasteiger partial charge on any atom is 0.319 e. The highest BCUT2D eigenvalue weighted by molar-refractivity contribution is 6.03. The molecule has 9 nitrogen and oxygen atoms in total. The van der Waals surface area contributed by atoms with E-state index in [-0.39, 0.29) is 69.0 Å². The van der Waals surface area contributed by atoms with Crippen molar-refractivity contribution in [3.8, 4) is 35.4 Å². The Morgan fingerprint density at radius 2 is 1.85 bits per heavy atom. The van der Waals surface area contributed by atoms with Gasteiger partial charge in [0.15, 0.2) is 5.82 Å². The molecule has 4 heterocycles. The minimum atomic E-state index is -3.48. The number of nitrogens with one attached hydrogen (secondary N) is 1. The van der Waals surface area contributed by atoms with Gasteiger partial charge in [-0.25, -0.2) is 17.6 Å². The van der Waals surface area contributed by atoms with Crippen molar-refractivity contribution in [1.29, 1.82) is 0 Å². The van der Waals surface area contributed by atoms with E-state index in [0.717, 1.165) is 44.4 Å². The lowest BCUT2D eigenvalue weighted by molar-refractivity contribution is 0.00339. The fourth-order valence-electron chi connectivity index (χ4n) is 7.37. The molecule has 2 aliphatic heterocycles. The normalized spacial score (nSPS) is 20.1. The topological polar surface area (TPSA) is 95.8 Å². The minimum absolute atomic E-state index is 0.0232. The number of phenols is 1. The molecule has 7 rings (SSSR count). The molecule has 3 aliphatic rings. The van der Waals surface area contributed by atoms with Crippen molar-refractivity contribution in [2.24, 2.45) is 5.41 Å². The zero-order valence-corrected chi connectivity index (χ0v) is 26.9. The van der Waals surface area contributed by atoms with Crippen molar-refractivity contribution in [1.82, 2.24) is 24.8 Å². The Morgan fingerprint density at radius 3 is 2.48 bits per heavy atom. The van der Waals surface area contributed by atoms with E-state index >= 15 is 8.78 Å². The molecule has 13 heteroatoms. The number of hydrogen-bond donors (Lipinski definition) is 2. The van der Waals surface area contributed by atoms with E-state index in [1.165, 1.54) is 12.1 Å². The SMILES string of the molecule is C#Cc1c(F)ccc2cc(O)cc(-c3c(F)c4nc(OCC5(CN(C)C)CC5)nc(N5CC6CCC(C5)N6)c4c(=O)n3CC(C)(F)F)c12. The summed E-state index contributed by atoms with van der Waals surface area (Å²) in [6, 6.07) is 4.87. The number of fused-ring (bicyclic) bond motifs is 4. The highest BCUT2D eigenvalue weighted by atomic mass is 19.3. The summed E-state index contributed by atoms with van der Waals surface area (Å²) in [6.45, 7) is 1.34. The molecule has 2 atom stereocenters. The standard InChI is InChI=1S/C35H36F4N6O3/c1-5-23-25(36)9-6-19-12-22(46)13-24(26(19)23)30-28(37)29-27(32(47)45(30)16-34(2,38)39)31(44-14-20-7-8-21(15-44)40-20)42-33(41-29)48-18-35(10-11-35)17-43(3)4/h1,6,9,12-13,20-21,40,46H,7-8,10-11,14-18H2,2-4H3. The van der Waals surface area contributed by atoms with Gasteiger partial charge in [0.2, 0.25) is 0 Å². The van der Waals surface area contributed by atoms with E-state index < -0.39 is 40.9 Å². The number of rotatable bonds is 9. The van der Waals surface area contributed by atoms with Gasteiger partial charge in [0.1, 0.15) is 28.3 Å². The van der Waals surface area contributed by atoms with Gasteiger partial charge in [-0.3, -0.25) is 9.36 Å². The Hall–Kier alpha value is -4.41. The quantitative estimate of drug-likeness (QED) is 0.193. The number of terminal acetylenes is 1. The highest BCUT2D eigenvalue weighted by Gasteiger charge is 2.44. The molecule has 2 aromatic carbocycles. The van der Waals surface area contributed by atoms with Crippen molar-refractivity contribution < 1.29 is 27.4 Å². The number of aromatic hydroxyl groups is 1. The van der Waals surface area contributed by atoms with Gasteiger partial charge < -0.3 is 25.0 Å². The molecule has 1 saturated carbocycles. The van der Waals surface area contributed by atoms with Gasteiger partial charge in [0.25, 0.3) is 11.5 Å². The summed E-state index contributed by atoms with van der Waals surface area (Å²) in [4.78, 5) is 27.5. The van der Waals surface area contributed by atoms with Crippen LogP contribution in [0, 0.1) is 29.4 Å². The average molecular weight is 665 g/mol. The second kappa shape index (κ2) is 11.6. The summed E-state index contributed by atoms with van der Waals surface area (Å²) in [6.07, 6.45) is 9.34. The molecule has 0 radical (unpaired) electrons. The molecule has 2 saturated heterocycles. The van der Waals surface area contributed by atoms with Crippen LogP contribution in [-0.2, 0) is 6.54 Å². The van der Waals surface area contributed by atoms with Crippen molar-refractivity contribution >= 4 is 27.5 Å². The molecular weight excluding hydrogens is 628 g/mol. The van der Waals surface area contributed by atoms with Crippen LogP contribution in [0.4, 0.5) is 23.4 Å². The summed E-state index contributed by atoms with van der Waals surface area (Å²) in [5, 5.41) is 14.1. The summed E-state index contributed by atoms with van der Waals surface area (Å²) >= 11 is 0. The van der Waals surface area contributed by atoms with Crippen molar-refractivity contribution in [3.63, 3.8) is 0 Å². The van der Waals surface area contributed by atoms with Crippen LogP contribution >= 0.6 is 0 Å². The lowest BCUT2D eigenvalue weighted by atomic mass is 9.95. The number of benzene rings is 2. The van der Waals surface area contributed by atoms with Gasteiger partial charge in [-0.1, -0.05) is 12.0 Å². The van der Waals surface area contributed by atoms with E-state index in [2.05, 4.69) is 26.1 Å². The van der Waals surface area contributed by atoms with Gasteiger partial charge in [0, 0.05) is 55.0 Å². The largest absolute Gasteiger partial charge is 0.508 e. The Morgan fingerprint density at radius 1 is 1.15 bits per heavy atom. The van der Waals surface area contributed by atoms with Gasteiger partial charge >= 0.3 is 6.01 Å². The first-order valence-electron chi connectivity index (χ1n) is 16.0. The molecule has 48 heavy (non-hydrogen) atoms. The molecule has 3 fully saturated rings. The Bertz CT molecular complexity index is 2040. The first kappa shape index (κ1) is 32.2. The molecule has 0 amide bonds. The van der Waals surface area contributed by atoms with Crippen LogP contribution < -0.4 is 20.5 Å². The number of aromatic nitrogens is 3. The lowest BCUT2D eigenvalue weighted by Gasteiger charge is -2.34. The molecule has 2 unspecified atom stereocenters. The number of hydrogen-bond acceptors (Lipinski definition) is 8. The smallest absolute Gasteiger partial charge is 0.319 e. The number of phenolic OH excluding ortho intramolecular Hbond substituents is 1. The fraction of sp³-hybridized carbons (Fsp3) is 0.457. The van der Waals surface area contributed by atoms with Crippen LogP contribution in [0.5, 0.6) is 11.8 Å². The molecule has 4 aromatic rings. The second-order valence-electron chi connectivity index (χ2n) is 13.9. The first-order valence-corrected chi connectivity index (χ1v) is 16.0. The highest BCUT2D eigenvalue weighted by Crippen LogP contribution is 2.46. The molecule has 252 valence electrons. The number of anilines is 1. The molecule has 1 aliphatic carbocycles. The van der Waals surface area contributed by atoms with E-state index in [1.54, 1.807) is 0 Å². The van der Waals surface area contributed by atoms with Gasteiger partial charge in [-0.05, 0) is 63.4 Å². The summed E-state index contributed by atoms with van der Waals surface area (Å²) in [5.74, 6) is -3.43. The monoisotopic (exact) mass is 664 g/mol. The second-order valence-corrected chi connectivity index (χ2v) is 13.9. The lowest BCUT2D eigenvalue weighted by Crippen LogP contribution is -2.51. The zero-order chi connectivity index (χ0) is 34.1. The average Bonchev–Trinajstić information content (AvgIpc) is 3.70. The number of halogens is 4. The van der Waals surface area contributed by atoms with Crippen LogP contribution in [0.1, 0.15) is 38.2 Å². The molecule has 2 bridgehead atoms. The van der Waals surface area contributed by atoms with Gasteiger partial charge in [0.05, 0.1) is 24.4 Å². The third-order valence-corrected chi connectivity index (χ3v) is 9.53. The van der Waals surface area contributed by atoms with Crippen molar-refractivity contribution in [2.75, 3.05) is 45.2 Å². The number of alkyl halides is 2. The van der Waals surface area contributed by atoms with E-state index in [0.29, 0.717) is 24.6 Å². The maximum absolute atomic E-state index is 17.3. The molecule has 2 aromatic heterocycles. The fourth-order valence-corrected chi connectivity index (χ4v) is 7.37. The van der Waals surface area contributed by atoms with Gasteiger partial charge in [-0.2, -0.15) is 9.97 Å². The first-order chi connectivity index (χ1) is 22.8. The number of ether oxygens (including phenoxy) is 1. The van der Waals surface area contributed by atoms with E-state index in [4.69, 9.17) is 11.2 Å². The Kier molecular flexibility index (Phi) is 7.79. The van der Waals surface area contributed by atoms with Crippen LogP contribution in [0.25, 0.3) is 32.9 Å². The van der Waals surface area contributed by atoms with E-state index in [1.807, 2.05) is 19.0 Å². The third-order valence-electron chi connectivity index (χ3n) is 9.53. The minimum Gasteiger partial charge on any atom is -0.508 e. The van der Waals surface area contributed by atoms with Crippen LogP contribution in [0.15, 0.2) is 29.1 Å². The van der Waals surface area contributed by atoms with Crippen molar-refractivity contribution in [2.45, 2.75) is 57.2 Å². The summed E-state index contributed by atoms with van der Waals surface area (Å²) in [5.41, 5.74) is -2.63.